The molecule has 0 radical (unpaired) electrons. The summed E-state index contributed by atoms with van der Waals surface area (Å²) >= 11 is 0. The number of hydrogen-bond acceptors (Lipinski definition) is 3. The number of carbonyl (C=O) groups excluding carboxylic acids is 1. The maximum atomic E-state index is 12.6. The Hall–Kier alpha value is -2.87. The first-order valence-electron chi connectivity index (χ1n) is 7.10. The summed E-state index contributed by atoms with van der Waals surface area (Å²) in [6, 6.07) is 11.0. The Morgan fingerprint density at radius 3 is 2.86 bits per heavy atom. The highest BCUT2D eigenvalue weighted by atomic mass is 16.2. The Labute approximate surface area is 127 Å². The zero-order valence-electron chi connectivity index (χ0n) is 12.2. The van der Waals surface area contributed by atoms with Crippen LogP contribution in [0.2, 0.25) is 0 Å². The zero-order chi connectivity index (χ0) is 15.7. The Morgan fingerprint density at radius 2 is 2.14 bits per heavy atom. The van der Waals surface area contributed by atoms with E-state index in [-0.39, 0.29) is 17.0 Å². The number of pyridine rings is 1. The molecule has 2 heterocycles. The number of carbonyl (C=O) groups is 1. The Kier molecular flexibility index (Phi) is 3.51. The van der Waals surface area contributed by atoms with Crippen molar-refractivity contribution >= 4 is 5.91 Å². The third-order valence-corrected chi connectivity index (χ3v) is 3.99. The largest absolute Gasteiger partial charge is 0.334 e. The van der Waals surface area contributed by atoms with E-state index in [1.54, 1.807) is 11.0 Å². The number of amides is 1. The lowest BCUT2D eigenvalue weighted by atomic mass is 10.0. The van der Waals surface area contributed by atoms with Gasteiger partial charge in [0, 0.05) is 30.8 Å². The SMILES string of the molecule is Cc1ccccc1C(=O)N1CCc2[nH]c(=O)c(C#N)cc2C1. The van der Waals surface area contributed by atoms with Crippen molar-refractivity contribution < 1.29 is 4.79 Å². The minimum atomic E-state index is -0.361. The molecule has 0 aliphatic carbocycles. The fourth-order valence-electron chi connectivity index (χ4n) is 2.75. The van der Waals surface area contributed by atoms with Crippen LogP contribution in [0.4, 0.5) is 0 Å². The molecule has 0 fully saturated rings. The second-order valence-corrected chi connectivity index (χ2v) is 5.42. The molecule has 5 nitrogen and oxygen atoms in total. The first-order chi connectivity index (χ1) is 10.6. The average molecular weight is 293 g/mol. The molecule has 110 valence electrons. The summed E-state index contributed by atoms with van der Waals surface area (Å²) in [6.07, 6.45) is 0.591. The summed E-state index contributed by atoms with van der Waals surface area (Å²) in [7, 11) is 0. The van der Waals surface area contributed by atoms with Crippen LogP contribution < -0.4 is 5.56 Å². The van der Waals surface area contributed by atoms with Gasteiger partial charge in [0.15, 0.2) is 0 Å². The molecule has 1 aliphatic heterocycles. The minimum Gasteiger partial charge on any atom is -0.334 e. The Morgan fingerprint density at radius 1 is 1.36 bits per heavy atom. The molecular weight excluding hydrogens is 278 g/mol. The Balaban J connectivity index is 1.92. The molecule has 1 aliphatic rings. The molecule has 1 aromatic carbocycles. The number of nitrogens with zero attached hydrogens (tertiary/aromatic N) is 2. The van der Waals surface area contributed by atoms with Crippen LogP contribution in [0, 0.1) is 18.3 Å². The number of nitriles is 1. The number of aryl methyl sites for hydroxylation is 1. The molecule has 0 saturated carbocycles. The molecule has 0 spiro atoms. The van der Waals surface area contributed by atoms with E-state index in [4.69, 9.17) is 5.26 Å². The van der Waals surface area contributed by atoms with Crippen LogP contribution in [-0.4, -0.2) is 22.3 Å². The second-order valence-electron chi connectivity index (χ2n) is 5.42. The maximum absolute atomic E-state index is 12.6. The van der Waals surface area contributed by atoms with Gasteiger partial charge in [-0.25, -0.2) is 0 Å². The first kappa shape index (κ1) is 14.1. The van der Waals surface area contributed by atoms with Crippen LogP contribution in [0.3, 0.4) is 0 Å². The normalized spacial score (nSPS) is 13.4. The van der Waals surface area contributed by atoms with Gasteiger partial charge in [-0.2, -0.15) is 5.26 Å². The number of aromatic nitrogens is 1. The van der Waals surface area contributed by atoms with Gasteiger partial charge in [0.05, 0.1) is 0 Å². The molecule has 0 saturated heterocycles. The molecule has 1 aromatic heterocycles. The standard InChI is InChI=1S/C17H15N3O2/c1-11-4-2-3-5-14(11)17(22)20-7-6-15-13(10-20)8-12(9-18)16(21)19-15/h2-5,8H,6-7,10H2,1H3,(H,19,21). The monoisotopic (exact) mass is 293 g/mol. The smallest absolute Gasteiger partial charge is 0.266 e. The van der Waals surface area contributed by atoms with Crippen molar-refractivity contribution in [2.75, 3.05) is 6.54 Å². The number of nitrogens with one attached hydrogen (secondary N) is 1. The molecule has 3 rings (SSSR count). The lowest BCUT2D eigenvalue weighted by molar-refractivity contribution is 0.0732. The van der Waals surface area contributed by atoms with Crippen LogP contribution in [-0.2, 0) is 13.0 Å². The minimum absolute atomic E-state index is 0.0199. The van der Waals surface area contributed by atoms with Gasteiger partial charge in [0.2, 0.25) is 0 Å². The molecule has 2 aromatic rings. The summed E-state index contributed by atoms with van der Waals surface area (Å²) < 4.78 is 0. The second kappa shape index (κ2) is 5.49. The van der Waals surface area contributed by atoms with Crippen molar-refractivity contribution in [1.82, 2.24) is 9.88 Å². The highest BCUT2D eigenvalue weighted by molar-refractivity contribution is 5.95. The fraction of sp³-hybridized carbons (Fsp3) is 0.235. The number of fused-ring (bicyclic) bond motifs is 1. The number of aromatic amines is 1. The van der Waals surface area contributed by atoms with Gasteiger partial charge in [-0.3, -0.25) is 9.59 Å². The van der Waals surface area contributed by atoms with Gasteiger partial charge in [-0.1, -0.05) is 18.2 Å². The van der Waals surface area contributed by atoms with Gasteiger partial charge in [-0.05, 0) is 30.2 Å². The molecule has 1 N–H and O–H groups in total. The van der Waals surface area contributed by atoms with E-state index in [1.807, 2.05) is 37.3 Å². The van der Waals surface area contributed by atoms with Crippen molar-refractivity contribution in [2.24, 2.45) is 0 Å². The lowest BCUT2D eigenvalue weighted by Gasteiger charge is -2.29. The van der Waals surface area contributed by atoms with Gasteiger partial charge < -0.3 is 9.88 Å². The maximum Gasteiger partial charge on any atom is 0.266 e. The van der Waals surface area contributed by atoms with E-state index >= 15 is 0 Å². The van der Waals surface area contributed by atoms with E-state index < -0.39 is 0 Å². The number of H-pyrrole nitrogens is 1. The van der Waals surface area contributed by atoms with Crippen molar-refractivity contribution in [3.8, 4) is 6.07 Å². The third-order valence-electron chi connectivity index (χ3n) is 3.99. The van der Waals surface area contributed by atoms with Crippen molar-refractivity contribution in [1.29, 1.82) is 5.26 Å². The fourth-order valence-corrected chi connectivity index (χ4v) is 2.75. The molecule has 1 amide bonds. The highest BCUT2D eigenvalue weighted by Gasteiger charge is 2.23. The summed E-state index contributed by atoms with van der Waals surface area (Å²) in [4.78, 5) is 28.8. The summed E-state index contributed by atoms with van der Waals surface area (Å²) in [5, 5.41) is 8.96. The van der Waals surface area contributed by atoms with Crippen LogP contribution in [0.1, 0.15) is 32.7 Å². The van der Waals surface area contributed by atoms with E-state index in [1.165, 1.54) is 0 Å². The van der Waals surface area contributed by atoms with Crippen LogP contribution in [0.25, 0.3) is 0 Å². The van der Waals surface area contributed by atoms with Crippen LogP contribution >= 0.6 is 0 Å². The van der Waals surface area contributed by atoms with Crippen LogP contribution in [0.15, 0.2) is 35.1 Å². The first-order valence-corrected chi connectivity index (χ1v) is 7.10. The van der Waals surface area contributed by atoms with Gasteiger partial charge >= 0.3 is 0 Å². The molecule has 0 atom stereocenters. The molecule has 0 bridgehead atoms. The van der Waals surface area contributed by atoms with Crippen molar-refractivity contribution in [2.45, 2.75) is 19.9 Å². The lowest BCUT2D eigenvalue weighted by Crippen LogP contribution is -2.37. The summed E-state index contributed by atoms with van der Waals surface area (Å²) in [6.45, 7) is 2.88. The van der Waals surface area contributed by atoms with Gasteiger partial charge in [-0.15, -0.1) is 0 Å². The summed E-state index contributed by atoms with van der Waals surface area (Å²) in [5.74, 6) is -0.0199. The van der Waals surface area contributed by atoms with E-state index in [0.29, 0.717) is 25.1 Å². The number of hydrogen-bond donors (Lipinski definition) is 1. The van der Waals surface area contributed by atoms with Crippen molar-refractivity contribution in [3.05, 3.63) is 68.6 Å². The van der Waals surface area contributed by atoms with Crippen molar-refractivity contribution in [3.63, 3.8) is 0 Å². The highest BCUT2D eigenvalue weighted by Crippen LogP contribution is 2.20. The molecule has 5 heteroatoms. The topological polar surface area (TPSA) is 77.0 Å². The predicted octanol–water partition coefficient (Wildman–Crippen LogP) is 1.75. The van der Waals surface area contributed by atoms with E-state index in [9.17, 15) is 9.59 Å². The zero-order valence-corrected chi connectivity index (χ0v) is 12.2. The third kappa shape index (κ3) is 2.40. The van der Waals surface area contributed by atoms with E-state index in [0.717, 1.165) is 16.8 Å². The van der Waals surface area contributed by atoms with Gasteiger partial charge in [0.1, 0.15) is 11.6 Å². The number of benzene rings is 1. The molecular formula is C17H15N3O2. The molecule has 22 heavy (non-hydrogen) atoms. The Bertz CT molecular complexity index is 846. The quantitative estimate of drug-likeness (QED) is 0.870. The average Bonchev–Trinajstić information content (AvgIpc) is 2.53. The molecule has 0 unspecified atom stereocenters. The predicted molar refractivity (Wildman–Crippen MR) is 81.4 cm³/mol. The van der Waals surface area contributed by atoms with E-state index in [2.05, 4.69) is 4.98 Å². The van der Waals surface area contributed by atoms with Crippen LogP contribution in [0.5, 0.6) is 0 Å². The van der Waals surface area contributed by atoms with Gasteiger partial charge in [0.25, 0.3) is 11.5 Å². The number of rotatable bonds is 1. The summed E-state index contributed by atoms with van der Waals surface area (Å²) in [5.41, 5.74) is 3.01.